The topological polar surface area (TPSA) is 15.3 Å². The molecule has 1 fully saturated rings. The summed E-state index contributed by atoms with van der Waals surface area (Å²) >= 11 is 2.03. The van der Waals surface area contributed by atoms with Gasteiger partial charge in [0.25, 0.3) is 0 Å². The summed E-state index contributed by atoms with van der Waals surface area (Å²) in [6.45, 7) is 13.7. The second-order valence-corrected chi connectivity index (χ2v) is 8.92. The van der Waals surface area contributed by atoms with E-state index in [0.29, 0.717) is 17.0 Å². The molecule has 2 rings (SSSR count). The van der Waals surface area contributed by atoms with Crippen LogP contribution in [0.25, 0.3) is 0 Å². The first-order valence-corrected chi connectivity index (χ1v) is 8.63. The van der Waals surface area contributed by atoms with Crippen molar-refractivity contribution >= 4 is 17.4 Å². The van der Waals surface area contributed by atoms with Crippen LogP contribution in [-0.4, -0.2) is 29.1 Å². The molecule has 0 amide bonds. The first-order valence-electron chi connectivity index (χ1n) is 7.68. The highest BCUT2D eigenvalue weighted by Gasteiger charge is 2.24. The fraction of sp³-hybridized carbons (Fsp3) is 0.647. The molecule has 118 valence electrons. The second kappa shape index (κ2) is 6.57. The van der Waals surface area contributed by atoms with Crippen molar-refractivity contribution in [1.29, 1.82) is 0 Å². The van der Waals surface area contributed by atoms with Crippen LogP contribution in [0.1, 0.15) is 40.2 Å². The van der Waals surface area contributed by atoms with Gasteiger partial charge in [0.05, 0.1) is 0 Å². The first-order chi connectivity index (χ1) is 9.74. The number of nitrogens with one attached hydrogen (secondary N) is 1. The molecular formula is C17H27FN2S. The average Bonchev–Trinajstić information content (AvgIpc) is 2.34. The van der Waals surface area contributed by atoms with Crippen LogP contribution < -0.4 is 10.2 Å². The van der Waals surface area contributed by atoms with E-state index in [0.717, 1.165) is 18.7 Å². The summed E-state index contributed by atoms with van der Waals surface area (Å²) in [7, 11) is 0. The molecule has 2 atom stereocenters. The van der Waals surface area contributed by atoms with Crippen LogP contribution in [0.15, 0.2) is 18.2 Å². The third kappa shape index (κ3) is 4.89. The van der Waals surface area contributed by atoms with Crippen molar-refractivity contribution in [3.05, 3.63) is 29.6 Å². The molecule has 1 aromatic carbocycles. The van der Waals surface area contributed by atoms with Crippen LogP contribution in [0, 0.1) is 5.82 Å². The van der Waals surface area contributed by atoms with Gasteiger partial charge in [-0.3, -0.25) is 0 Å². The van der Waals surface area contributed by atoms with Crippen LogP contribution in [0.5, 0.6) is 0 Å². The number of hydrogen-bond acceptors (Lipinski definition) is 3. The molecule has 4 heteroatoms. The fourth-order valence-corrected chi connectivity index (χ4v) is 4.06. The lowest BCUT2D eigenvalue weighted by Gasteiger charge is -2.37. The molecule has 0 saturated carbocycles. The maximum Gasteiger partial charge on any atom is 0.123 e. The van der Waals surface area contributed by atoms with E-state index < -0.39 is 0 Å². The highest BCUT2D eigenvalue weighted by Crippen LogP contribution is 2.31. The summed E-state index contributed by atoms with van der Waals surface area (Å²) in [4.78, 5) is 2.41. The number of hydrogen-bond donors (Lipinski definition) is 1. The zero-order valence-corrected chi connectivity index (χ0v) is 14.6. The maximum atomic E-state index is 13.6. The van der Waals surface area contributed by atoms with Crippen molar-refractivity contribution in [2.75, 3.05) is 18.0 Å². The van der Waals surface area contributed by atoms with Crippen LogP contribution in [-0.2, 0) is 6.54 Å². The SMILES string of the molecule is CC1CN(c2ccc(F)cc2CNC(C)(C)C)CC(C)S1. The van der Waals surface area contributed by atoms with E-state index in [2.05, 4.69) is 44.8 Å². The largest absolute Gasteiger partial charge is 0.369 e. The summed E-state index contributed by atoms with van der Waals surface area (Å²) in [5.41, 5.74) is 2.26. The Morgan fingerprint density at radius 3 is 2.43 bits per heavy atom. The average molecular weight is 310 g/mol. The smallest absolute Gasteiger partial charge is 0.123 e. The molecule has 1 aliphatic heterocycles. The van der Waals surface area contributed by atoms with Gasteiger partial charge in [0.1, 0.15) is 5.82 Å². The van der Waals surface area contributed by atoms with Crippen molar-refractivity contribution in [2.45, 2.75) is 57.2 Å². The third-order valence-electron chi connectivity index (χ3n) is 3.61. The molecule has 1 heterocycles. The zero-order chi connectivity index (χ0) is 15.6. The van der Waals surface area contributed by atoms with Gasteiger partial charge in [-0.2, -0.15) is 11.8 Å². The summed E-state index contributed by atoms with van der Waals surface area (Å²) in [6, 6.07) is 5.18. The number of nitrogens with zero attached hydrogens (tertiary/aromatic N) is 1. The van der Waals surface area contributed by atoms with E-state index >= 15 is 0 Å². The predicted molar refractivity (Wildman–Crippen MR) is 91.7 cm³/mol. The quantitative estimate of drug-likeness (QED) is 0.907. The highest BCUT2D eigenvalue weighted by molar-refractivity contribution is 8.00. The highest BCUT2D eigenvalue weighted by atomic mass is 32.2. The summed E-state index contributed by atoms with van der Waals surface area (Å²) < 4.78 is 13.6. The van der Waals surface area contributed by atoms with E-state index in [1.54, 1.807) is 12.1 Å². The Balaban J connectivity index is 2.21. The molecule has 2 unspecified atom stereocenters. The van der Waals surface area contributed by atoms with Gasteiger partial charge in [0, 0.05) is 41.4 Å². The lowest BCUT2D eigenvalue weighted by atomic mass is 10.1. The van der Waals surface area contributed by atoms with Gasteiger partial charge in [0.2, 0.25) is 0 Å². The molecule has 1 aliphatic rings. The molecule has 0 aromatic heterocycles. The zero-order valence-electron chi connectivity index (χ0n) is 13.7. The lowest BCUT2D eigenvalue weighted by Crippen LogP contribution is -2.41. The summed E-state index contributed by atoms with van der Waals surface area (Å²) in [6.07, 6.45) is 0. The Bertz CT molecular complexity index is 474. The lowest BCUT2D eigenvalue weighted by molar-refractivity contribution is 0.423. The Morgan fingerprint density at radius 2 is 1.86 bits per heavy atom. The van der Waals surface area contributed by atoms with Gasteiger partial charge in [-0.1, -0.05) is 13.8 Å². The van der Waals surface area contributed by atoms with Gasteiger partial charge in [-0.15, -0.1) is 0 Å². The molecule has 0 aliphatic carbocycles. The Kier molecular flexibility index (Phi) is 5.20. The monoisotopic (exact) mass is 310 g/mol. The number of anilines is 1. The van der Waals surface area contributed by atoms with E-state index in [1.165, 1.54) is 5.69 Å². The van der Waals surface area contributed by atoms with E-state index in [1.807, 2.05) is 17.8 Å². The molecular weight excluding hydrogens is 283 g/mol. The molecule has 0 radical (unpaired) electrons. The Morgan fingerprint density at radius 1 is 1.24 bits per heavy atom. The standard InChI is InChI=1S/C17H27FN2S/c1-12-10-20(11-13(2)21-12)16-7-6-15(18)8-14(16)9-19-17(3,4)5/h6-8,12-13,19H,9-11H2,1-5H3. The fourth-order valence-electron chi connectivity index (χ4n) is 2.74. The van der Waals surface area contributed by atoms with E-state index in [9.17, 15) is 4.39 Å². The minimum absolute atomic E-state index is 0.0297. The molecule has 0 bridgehead atoms. The minimum Gasteiger partial charge on any atom is -0.369 e. The van der Waals surface area contributed by atoms with Gasteiger partial charge >= 0.3 is 0 Å². The van der Waals surface area contributed by atoms with Crippen LogP contribution in [0.4, 0.5) is 10.1 Å². The molecule has 1 saturated heterocycles. The third-order valence-corrected chi connectivity index (χ3v) is 4.84. The molecule has 0 spiro atoms. The second-order valence-electron chi connectivity index (χ2n) is 7.04. The number of rotatable bonds is 3. The summed E-state index contributed by atoms with van der Waals surface area (Å²) in [5, 5.41) is 4.70. The van der Waals surface area contributed by atoms with Crippen molar-refractivity contribution in [1.82, 2.24) is 5.32 Å². The number of benzene rings is 1. The van der Waals surface area contributed by atoms with E-state index in [4.69, 9.17) is 0 Å². The van der Waals surface area contributed by atoms with E-state index in [-0.39, 0.29) is 11.4 Å². The summed E-state index contributed by atoms with van der Waals surface area (Å²) in [5.74, 6) is -0.156. The van der Waals surface area contributed by atoms with Crippen LogP contribution in [0.2, 0.25) is 0 Å². The number of thioether (sulfide) groups is 1. The first kappa shape index (κ1) is 16.6. The van der Waals surface area contributed by atoms with Crippen molar-refractivity contribution in [3.63, 3.8) is 0 Å². The van der Waals surface area contributed by atoms with Crippen LogP contribution >= 0.6 is 11.8 Å². The Labute approximate surface area is 132 Å². The van der Waals surface area contributed by atoms with Crippen LogP contribution in [0.3, 0.4) is 0 Å². The predicted octanol–water partition coefficient (Wildman–Crippen LogP) is 4.04. The van der Waals surface area contributed by atoms with Crippen molar-refractivity contribution < 1.29 is 4.39 Å². The van der Waals surface area contributed by atoms with Gasteiger partial charge in [-0.25, -0.2) is 4.39 Å². The Hall–Kier alpha value is -0.740. The maximum absolute atomic E-state index is 13.6. The van der Waals surface area contributed by atoms with Gasteiger partial charge in [0.15, 0.2) is 0 Å². The molecule has 2 nitrogen and oxygen atoms in total. The van der Waals surface area contributed by atoms with Gasteiger partial charge in [-0.05, 0) is 44.5 Å². The van der Waals surface area contributed by atoms with Gasteiger partial charge < -0.3 is 10.2 Å². The van der Waals surface area contributed by atoms with Crippen molar-refractivity contribution in [3.8, 4) is 0 Å². The number of halogens is 1. The minimum atomic E-state index is -0.156. The normalized spacial score (nSPS) is 23.4. The molecule has 1 N–H and O–H groups in total. The molecule has 21 heavy (non-hydrogen) atoms. The molecule has 1 aromatic rings. The van der Waals surface area contributed by atoms with Crippen molar-refractivity contribution in [2.24, 2.45) is 0 Å².